The zero-order valence-corrected chi connectivity index (χ0v) is 12.4. The predicted molar refractivity (Wildman–Crippen MR) is 84.7 cm³/mol. The molecule has 108 valence electrons. The summed E-state index contributed by atoms with van der Waals surface area (Å²) in [5, 5.41) is 2.87. The number of hydrogen-bond acceptors (Lipinski definition) is 2. The second-order valence-electron chi connectivity index (χ2n) is 4.74. The average Bonchev–Trinajstić information content (AvgIpc) is 3.00. The fourth-order valence-electron chi connectivity index (χ4n) is 2.12. The van der Waals surface area contributed by atoms with E-state index in [1.54, 1.807) is 19.3 Å². The molecule has 1 amide bonds. The van der Waals surface area contributed by atoms with Gasteiger partial charge in [-0.25, -0.2) is 4.98 Å². The van der Waals surface area contributed by atoms with E-state index in [1.807, 2.05) is 18.2 Å². The number of aryl methyl sites for hydroxylation is 1. The number of nitrogens with zero attached hydrogens (tertiary/aromatic N) is 1. The fourth-order valence-corrected chi connectivity index (χ4v) is 2.12. The molecule has 0 fully saturated rings. The van der Waals surface area contributed by atoms with Crippen LogP contribution in [0.2, 0.25) is 0 Å². The maximum Gasteiger partial charge on any atom is 0.300 e. The van der Waals surface area contributed by atoms with E-state index in [1.165, 1.54) is 0 Å². The number of H-pyrrole nitrogens is 1. The van der Waals surface area contributed by atoms with Gasteiger partial charge in [0.15, 0.2) is 0 Å². The minimum atomic E-state index is -0.285. The third kappa shape index (κ3) is 3.96. The van der Waals surface area contributed by atoms with Gasteiger partial charge in [0.1, 0.15) is 5.82 Å². The molecule has 1 heterocycles. The van der Waals surface area contributed by atoms with Crippen LogP contribution >= 0.6 is 0 Å². The molecule has 21 heavy (non-hydrogen) atoms. The maximum absolute atomic E-state index is 11.7. The first-order valence-corrected chi connectivity index (χ1v) is 7.11. The van der Waals surface area contributed by atoms with Crippen LogP contribution in [0.4, 0.5) is 5.69 Å². The van der Waals surface area contributed by atoms with Crippen molar-refractivity contribution in [3.8, 4) is 23.2 Å². The molecule has 1 aromatic heterocycles. The summed E-state index contributed by atoms with van der Waals surface area (Å²) in [5.74, 6) is 5.62. The monoisotopic (exact) mass is 281 g/mol. The maximum atomic E-state index is 11.7. The van der Waals surface area contributed by atoms with Crippen molar-refractivity contribution in [3.63, 3.8) is 0 Å². The molecular formula is C17H19N3O. The van der Waals surface area contributed by atoms with Crippen LogP contribution in [0.25, 0.3) is 11.4 Å². The largest absolute Gasteiger partial charge is 0.345 e. The van der Waals surface area contributed by atoms with Crippen LogP contribution in [0.1, 0.15) is 32.3 Å². The highest BCUT2D eigenvalue weighted by Gasteiger charge is 2.08. The number of rotatable bonds is 5. The number of imidazole rings is 1. The Labute approximate surface area is 125 Å². The Bertz CT molecular complexity index is 663. The van der Waals surface area contributed by atoms with Crippen molar-refractivity contribution < 1.29 is 4.79 Å². The molecule has 1 aromatic carbocycles. The van der Waals surface area contributed by atoms with Gasteiger partial charge < -0.3 is 10.3 Å². The number of anilines is 1. The molecule has 0 bridgehead atoms. The van der Waals surface area contributed by atoms with Gasteiger partial charge in [-0.1, -0.05) is 31.4 Å². The first-order chi connectivity index (χ1) is 10.2. The lowest BCUT2D eigenvalue weighted by Crippen LogP contribution is -2.10. The van der Waals surface area contributed by atoms with E-state index in [0.29, 0.717) is 0 Å². The number of carbonyl (C=O) groups excluding carboxylic acids is 1. The van der Waals surface area contributed by atoms with Crippen LogP contribution in [0.15, 0.2) is 30.6 Å². The Morgan fingerprint density at radius 1 is 1.43 bits per heavy atom. The van der Waals surface area contributed by atoms with E-state index < -0.39 is 0 Å². The minimum Gasteiger partial charge on any atom is -0.345 e. The van der Waals surface area contributed by atoms with Crippen LogP contribution in [0.3, 0.4) is 0 Å². The second-order valence-corrected chi connectivity index (χ2v) is 4.74. The molecule has 0 saturated heterocycles. The number of carbonyl (C=O) groups is 1. The van der Waals surface area contributed by atoms with Crippen molar-refractivity contribution in [2.45, 2.75) is 33.1 Å². The molecule has 0 atom stereocenters. The lowest BCUT2D eigenvalue weighted by Gasteiger charge is -2.11. The predicted octanol–water partition coefficient (Wildman–Crippen LogP) is 3.38. The van der Waals surface area contributed by atoms with Gasteiger partial charge >= 0.3 is 0 Å². The first-order valence-electron chi connectivity index (χ1n) is 7.11. The number of aromatic nitrogens is 2. The Kier molecular flexibility index (Phi) is 5.16. The smallest absolute Gasteiger partial charge is 0.300 e. The standard InChI is InChI=1S/C17H19N3O/c1-3-5-7-13-8-9-14(17-18-10-11-19-17)12-15(13)20-16(21)6-4-2/h8-12H,3,5,7H2,1-2H3,(H,18,19)(H,20,21). The average molecular weight is 281 g/mol. The molecule has 4 nitrogen and oxygen atoms in total. The first kappa shape index (κ1) is 14.9. The Hall–Kier alpha value is -2.54. The van der Waals surface area contributed by atoms with E-state index in [-0.39, 0.29) is 5.91 Å². The van der Waals surface area contributed by atoms with Crippen molar-refractivity contribution >= 4 is 11.6 Å². The van der Waals surface area contributed by atoms with Crippen LogP contribution in [-0.2, 0) is 11.2 Å². The molecular weight excluding hydrogens is 262 g/mol. The highest BCUT2D eigenvalue weighted by atomic mass is 16.1. The van der Waals surface area contributed by atoms with Gasteiger partial charge in [-0.15, -0.1) is 0 Å². The molecule has 2 rings (SSSR count). The number of benzene rings is 1. The molecule has 2 N–H and O–H groups in total. The van der Waals surface area contributed by atoms with Gasteiger partial charge in [0, 0.05) is 23.6 Å². The molecule has 2 aromatic rings. The second kappa shape index (κ2) is 7.30. The molecule has 0 unspecified atom stereocenters. The fraction of sp³-hybridized carbons (Fsp3) is 0.294. The summed E-state index contributed by atoms with van der Waals surface area (Å²) < 4.78 is 0. The van der Waals surface area contributed by atoms with Crippen LogP contribution in [-0.4, -0.2) is 15.9 Å². The number of nitrogens with one attached hydrogen (secondary N) is 2. The summed E-state index contributed by atoms with van der Waals surface area (Å²) in [5.41, 5.74) is 2.88. The van der Waals surface area contributed by atoms with E-state index in [4.69, 9.17) is 0 Å². The SMILES string of the molecule is CC#CC(=O)Nc1cc(-c2ncc[nH]2)ccc1CCCC. The molecule has 0 radical (unpaired) electrons. The lowest BCUT2D eigenvalue weighted by molar-refractivity contribution is -0.111. The molecule has 0 saturated carbocycles. The Morgan fingerprint density at radius 2 is 2.29 bits per heavy atom. The van der Waals surface area contributed by atoms with Gasteiger partial charge in [0.25, 0.3) is 5.91 Å². The minimum absolute atomic E-state index is 0.285. The zero-order valence-electron chi connectivity index (χ0n) is 12.4. The van der Waals surface area contributed by atoms with Crippen molar-refractivity contribution in [2.24, 2.45) is 0 Å². The van der Waals surface area contributed by atoms with E-state index in [2.05, 4.69) is 34.0 Å². The highest BCUT2D eigenvalue weighted by Crippen LogP contribution is 2.25. The van der Waals surface area contributed by atoms with Gasteiger partial charge in [0.2, 0.25) is 0 Å². The molecule has 0 aliphatic heterocycles. The number of hydrogen-bond donors (Lipinski definition) is 2. The van der Waals surface area contributed by atoms with Crippen molar-refractivity contribution in [1.29, 1.82) is 0 Å². The van der Waals surface area contributed by atoms with Crippen LogP contribution in [0, 0.1) is 11.8 Å². The number of aromatic amines is 1. The molecule has 0 aliphatic rings. The number of unbranched alkanes of at least 4 members (excludes halogenated alkanes) is 1. The van der Waals surface area contributed by atoms with E-state index in [0.717, 1.165) is 41.9 Å². The lowest BCUT2D eigenvalue weighted by atomic mass is 10.0. The van der Waals surface area contributed by atoms with E-state index >= 15 is 0 Å². The summed E-state index contributed by atoms with van der Waals surface area (Å²) in [6, 6.07) is 6.01. The molecule has 0 aliphatic carbocycles. The van der Waals surface area contributed by atoms with Crippen molar-refractivity contribution in [3.05, 3.63) is 36.2 Å². The van der Waals surface area contributed by atoms with Crippen molar-refractivity contribution in [2.75, 3.05) is 5.32 Å². The summed E-state index contributed by atoms with van der Waals surface area (Å²) in [6.07, 6.45) is 6.62. The molecule has 0 spiro atoms. The van der Waals surface area contributed by atoms with Gasteiger partial charge in [0.05, 0.1) is 0 Å². The zero-order chi connectivity index (χ0) is 15.1. The third-order valence-corrected chi connectivity index (χ3v) is 3.17. The third-order valence-electron chi connectivity index (χ3n) is 3.17. The highest BCUT2D eigenvalue weighted by molar-refractivity contribution is 6.04. The van der Waals surface area contributed by atoms with Crippen molar-refractivity contribution in [1.82, 2.24) is 9.97 Å². The number of amides is 1. The Balaban J connectivity index is 2.32. The topological polar surface area (TPSA) is 57.8 Å². The van der Waals surface area contributed by atoms with Crippen LogP contribution < -0.4 is 5.32 Å². The Morgan fingerprint density at radius 3 is 2.95 bits per heavy atom. The van der Waals surface area contributed by atoms with Gasteiger partial charge in [-0.3, -0.25) is 4.79 Å². The van der Waals surface area contributed by atoms with Gasteiger partial charge in [-0.2, -0.15) is 0 Å². The van der Waals surface area contributed by atoms with Crippen LogP contribution in [0.5, 0.6) is 0 Å². The van der Waals surface area contributed by atoms with E-state index in [9.17, 15) is 4.79 Å². The summed E-state index contributed by atoms with van der Waals surface area (Å²) in [4.78, 5) is 19.0. The summed E-state index contributed by atoms with van der Waals surface area (Å²) in [7, 11) is 0. The summed E-state index contributed by atoms with van der Waals surface area (Å²) in [6.45, 7) is 3.80. The summed E-state index contributed by atoms with van der Waals surface area (Å²) >= 11 is 0. The molecule has 4 heteroatoms. The normalized spacial score (nSPS) is 9.81. The quantitative estimate of drug-likeness (QED) is 0.825. The van der Waals surface area contributed by atoms with Gasteiger partial charge in [-0.05, 0) is 37.3 Å².